The molecule has 0 radical (unpaired) electrons. The number of guanidine groups is 1. The van der Waals surface area contributed by atoms with Crippen molar-refractivity contribution < 1.29 is 4.79 Å². The van der Waals surface area contributed by atoms with Crippen LogP contribution in [-0.4, -0.2) is 59.8 Å². The van der Waals surface area contributed by atoms with Crippen LogP contribution in [0.1, 0.15) is 12.0 Å². The summed E-state index contributed by atoms with van der Waals surface area (Å²) in [6.07, 6.45) is 0.940. The van der Waals surface area contributed by atoms with E-state index in [2.05, 4.69) is 34.0 Å². The molecule has 0 atom stereocenters. The minimum Gasteiger partial charge on any atom is -0.314 e. The summed E-state index contributed by atoms with van der Waals surface area (Å²) in [5, 5.41) is 0. The zero-order valence-corrected chi connectivity index (χ0v) is 12.8. The first-order chi connectivity index (χ1) is 10.7. The summed E-state index contributed by atoms with van der Waals surface area (Å²) in [5.74, 6) is 0.972. The van der Waals surface area contributed by atoms with Gasteiger partial charge >= 0.3 is 0 Å². The van der Waals surface area contributed by atoms with Crippen LogP contribution in [0.4, 0.5) is 0 Å². The lowest BCUT2D eigenvalue weighted by atomic mass is 10.0. The van der Waals surface area contributed by atoms with Crippen molar-refractivity contribution in [3.63, 3.8) is 0 Å². The monoisotopic (exact) mass is 296 g/mol. The minimum atomic E-state index is 0.127. The summed E-state index contributed by atoms with van der Waals surface area (Å²) in [7, 11) is 2.08. The number of amides is 1. The normalized spacial score (nSPS) is 21.9. The van der Waals surface area contributed by atoms with Gasteiger partial charge in [-0.05, 0) is 12.6 Å². The Balaban J connectivity index is 1.70. The largest absolute Gasteiger partial charge is 0.314 e. The summed E-state index contributed by atoms with van der Waals surface area (Å²) in [4.78, 5) is 23.9. The maximum Gasteiger partial charge on any atom is 0.259 e. The molecule has 1 aromatic carbocycles. The van der Waals surface area contributed by atoms with Crippen molar-refractivity contribution >= 4 is 11.9 Å². The fourth-order valence-corrected chi connectivity index (χ4v) is 3.46. The Morgan fingerprint density at radius 3 is 2.82 bits per heavy atom. The van der Waals surface area contributed by atoms with Crippen LogP contribution in [0.5, 0.6) is 0 Å². The number of rotatable bonds is 2. The van der Waals surface area contributed by atoms with Crippen LogP contribution in [-0.2, 0) is 11.3 Å². The molecule has 0 fully saturated rings. The average Bonchev–Trinajstić information content (AvgIpc) is 3.02. The van der Waals surface area contributed by atoms with Gasteiger partial charge in [-0.15, -0.1) is 0 Å². The molecule has 0 aromatic heterocycles. The third-order valence-electron chi connectivity index (χ3n) is 4.58. The third-order valence-corrected chi connectivity index (χ3v) is 4.58. The molecule has 0 N–H and O–H groups in total. The van der Waals surface area contributed by atoms with Crippen LogP contribution in [0, 0.1) is 0 Å². The Morgan fingerprint density at radius 2 is 2.00 bits per heavy atom. The highest BCUT2D eigenvalue weighted by Crippen LogP contribution is 2.31. The van der Waals surface area contributed by atoms with Crippen LogP contribution in [0.25, 0.3) is 0 Å². The molecular formula is C17H20N4O. The van der Waals surface area contributed by atoms with Gasteiger partial charge in [-0.3, -0.25) is 14.7 Å². The zero-order chi connectivity index (χ0) is 15.1. The summed E-state index contributed by atoms with van der Waals surface area (Å²) in [5.41, 5.74) is 3.29. The highest BCUT2D eigenvalue weighted by atomic mass is 16.2. The molecule has 0 bridgehead atoms. The molecule has 22 heavy (non-hydrogen) atoms. The van der Waals surface area contributed by atoms with Crippen molar-refractivity contribution in [3.05, 3.63) is 47.2 Å². The number of carbonyl (C=O) groups is 1. The second kappa shape index (κ2) is 5.25. The quantitative estimate of drug-likeness (QED) is 0.825. The van der Waals surface area contributed by atoms with E-state index in [0.29, 0.717) is 6.54 Å². The van der Waals surface area contributed by atoms with E-state index >= 15 is 0 Å². The molecular weight excluding hydrogens is 276 g/mol. The number of fused-ring (bicyclic) bond motifs is 2. The zero-order valence-electron chi connectivity index (χ0n) is 12.8. The predicted octanol–water partition coefficient (Wildman–Crippen LogP) is 1.29. The molecule has 0 saturated carbocycles. The lowest BCUT2D eigenvalue weighted by molar-refractivity contribution is -0.125. The van der Waals surface area contributed by atoms with E-state index in [1.54, 1.807) is 0 Å². The molecule has 5 heteroatoms. The molecule has 3 heterocycles. The molecule has 4 rings (SSSR count). The Labute approximate surface area is 130 Å². The molecule has 3 aliphatic rings. The van der Waals surface area contributed by atoms with Crippen LogP contribution in [0.2, 0.25) is 0 Å². The van der Waals surface area contributed by atoms with Gasteiger partial charge in [0.1, 0.15) is 0 Å². The number of hydrogen-bond donors (Lipinski definition) is 0. The highest BCUT2D eigenvalue weighted by molar-refractivity contribution is 6.09. The highest BCUT2D eigenvalue weighted by Gasteiger charge is 2.40. The lowest BCUT2D eigenvalue weighted by Crippen LogP contribution is -2.53. The van der Waals surface area contributed by atoms with Crippen molar-refractivity contribution in [2.45, 2.75) is 13.0 Å². The van der Waals surface area contributed by atoms with Crippen molar-refractivity contribution in [1.82, 2.24) is 14.7 Å². The maximum absolute atomic E-state index is 13.0. The standard InChI is InChI=1S/C17H20N4O/c1-19-9-7-15-14(12-19)16(22)21(17-18-8-10-20(15)17)11-13-5-3-2-4-6-13/h2-6H,7-12H2,1H3. The van der Waals surface area contributed by atoms with Crippen LogP contribution in [0.15, 0.2) is 46.6 Å². The predicted molar refractivity (Wildman–Crippen MR) is 85.1 cm³/mol. The molecule has 3 aliphatic heterocycles. The molecule has 1 aromatic rings. The van der Waals surface area contributed by atoms with Gasteiger partial charge in [-0.2, -0.15) is 0 Å². The fourth-order valence-electron chi connectivity index (χ4n) is 3.46. The van der Waals surface area contributed by atoms with Crippen LogP contribution < -0.4 is 0 Å². The molecule has 0 aliphatic carbocycles. The van der Waals surface area contributed by atoms with Crippen molar-refractivity contribution in [2.75, 3.05) is 33.2 Å². The number of benzene rings is 1. The summed E-state index contributed by atoms with van der Waals surface area (Å²) >= 11 is 0. The third kappa shape index (κ3) is 2.13. The van der Waals surface area contributed by atoms with Gasteiger partial charge in [0.05, 0.1) is 18.7 Å². The minimum absolute atomic E-state index is 0.127. The molecule has 0 unspecified atom stereocenters. The van der Waals surface area contributed by atoms with Crippen molar-refractivity contribution in [3.8, 4) is 0 Å². The van der Waals surface area contributed by atoms with E-state index in [4.69, 9.17) is 0 Å². The number of aliphatic imine (C=N–C) groups is 1. The van der Waals surface area contributed by atoms with E-state index < -0.39 is 0 Å². The van der Waals surface area contributed by atoms with Crippen LogP contribution in [0.3, 0.4) is 0 Å². The van der Waals surface area contributed by atoms with Gasteiger partial charge in [0, 0.05) is 31.8 Å². The SMILES string of the molecule is CN1CCC2=C(C1)C(=O)N(Cc1ccccc1)C1=NCCN12. The van der Waals surface area contributed by atoms with Gasteiger partial charge in [0.25, 0.3) is 5.91 Å². The van der Waals surface area contributed by atoms with Crippen LogP contribution >= 0.6 is 0 Å². The molecule has 114 valence electrons. The number of hydrogen-bond acceptors (Lipinski definition) is 4. The van der Waals surface area contributed by atoms with Gasteiger partial charge < -0.3 is 9.80 Å². The Kier molecular flexibility index (Phi) is 3.22. The molecule has 0 saturated heterocycles. The second-order valence-electron chi connectivity index (χ2n) is 6.12. The topological polar surface area (TPSA) is 39.2 Å². The van der Waals surface area contributed by atoms with Crippen molar-refractivity contribution in [1.29, 1.82) is 0 Å². The number of nitrogens with zero attached hydrogens (tertiary/aromatic N) is 4. The van der Waals surface area contributed by atoms with Gasteiger partial charge in [-0.1, -0.05) is 30.3 Å². The number of carbonyl (C=O) groups excluding carboxylic acids is 1. The Bertz CT molecular complexity index is 664. The fraction of sp³-hybridized carbons (Fsp3) is 0.412. The van der Waals surface area contributed by atoms with E-state index in [-0.39, 0.29) is 5.91 Å². The summed E-state index contributed by atoms with van der Waals surface area (Å²) in [6.45, 7) is 4.02. The van der Waals surface area contributed by atoms with E-state index in [9.17, 15) is 4.79 Å². The van der Waals surface area contributed by atoms with E-state index in [1.807, 2.05) is 23.1 Å². The number of likely N-dealkylation sites (N-methyl/N-ethyl adjacent to an activating group) is 1. The summed E-state index contributed by atoms with van der Waals surface area (Å²) in [6, 6.07) is 10.1. The molecule has 5 nitrogen and oxygen atoms in total. The Morgan fingerprint density at radius 1 is 1.18 bits per heavy atom. The van der Waals surface area contributed by atoms with Gasteiger partial charge in [0.2, 0.25) is 5.96 Å². The first kappa shape index (κ1) is 13.5. The van der Waals surface area contributed by atoms with E-state index in [1.165, 1.54) is 5.70 Å². The van der Waals surface area contributed by atoms with Crippen molar-refractivity contribution in [2.24, 2.45) is 4.99 Å². The molecule has 0 spiro atoms. The Hall–Kier alpha value is -2.14. The maximum atomic E-state index is 13.0. The smallest absolute Gasteiger partial charge is 0.259 e. The van der Waals surface area contributed by atoms with Gasteiger partial charge in [0.15, 0.2) is 0 Å². The summed E-state index contributed by atoms with van der Waals surface area (Å²) < 4.78 is 0. The average molecular weight is 296 g/mol. The second-order valence-corrected chi connectivity index (χ2v) is 6.12. The van der Waals surface area contributed by atoms with E-state index in [0.717, 1.165) is 49.7 Å². The first-order valence-corrected chi connectivity index (χ1v) is 7.82. The molecule has 1 amide bonds. The van der Waals surface area contributed by atoms with Gasteiger partial charge in [-0.25, -0.2) is 0 Å². The first-order valence-electron chi connectivity index (χ1n) is 7.82. The lowest BCUT2D eigenvalue weighted by Gasteiger charge is -2.41.